The number of benzene rings is 3. The van der Waals surface area contributed by atoms with Crippen molar-refractivity contribution in [1.82, 2.24) is 4.98 Å². The molecule has 0 aliphatic carbocycles. The van der Waals surface area contributed by atoms with Crippen molar-refractivity contribution in [2.75, 3.05) is 7.11 Å². The largest absolute Gasteiger partial charge is 0.497 e. The van der Waals surface area contributed by atoms with Crippen molar-refractivity contribution in [3.8, 4) is 5.75 Å². The summed E-state index contributed by atoms with van der Waals surface area (Å²) < 4.78 is 5.34. The smallest absolute Gasteiger partial charge is 0.212 e. The first-order valence-corrected chi connectivity index (χ1v) is 7.74. The monoisotopic (exact) mass is 313 g/mol. The van der Waals surface area contributed by atoms with E-state index in [0.29, 0.717) is 17.0 Å². The summed E-state index contributed by atoms with van der Waals surface area (Å²) in [5.74, 6) is 0.626. The van der Waals surface area contributed by atoms with Crippen LogP contribution in [0.25, 0.3) is 21.7 Å². The van der Waals surface area contributed by atoms with Gasteiger partial charge in [-0.25, -0.2) is 4.98 Å². The van der Waals surface area contributed by atoms with Gasteiger partial charge in [-0.2, -0.15) is 0 Å². The van der Waals surface area contributed by atoms with Crippen LogP contribution in [0.15, 0.2) is 72.8 Å². The van der Waals surface area contributed by atoms with Gasteiger partial charge in [-0.15, -0.1) is 0 Å². The molecule has 0 radical (unpaired) electrons. The Morgan fingerprint density at radius 2 is 1.58 bits per heavy atom. The highest BCUT2D eigenvalue weighted by molar-refractivity contribution is 6.19. The van der Waals surface area contributed by atoms with Crippen LogP contribution in [0.4, 0.5) is 0 Å². The Bertz CT molecular complexity index is 1060. The zero-order chi connectivity index (χ0) is 16.5. The molecule has 0 fully saturated rings. The summed E-state index contributed by atoms with van der Waals surface area (Å²) >= 11 is 0. The van der Waals surface area contributed by atoms with Crippen molar-refractivity contribution < 1.29 is 9.53 Å². The van der Waals surface area contributed by atoms with E-state index in [1.54, 1.807) is 7.11 Å². The fourth-order valence-corrected chi connectivity index (χ4v) is 2.96. The number of carbonyl (C=O) groups is 1. The Morgan fingerprint density at radius 3 is 2.38 bits per heavy atom. The minimum atomic E-state index is -0.0837. The van der Waals surface area contributed by atoms with E-state index in [0.717, 1.165) is 21.7 Å². The van der Waals surface area contributed by atoms with Crippen LogP contribution in [0.5, 0.6) is 5.75 Å². The molecule has 0 bridgehead atoms. The van der Waals surface area contributed by atoms with Crippen LogP contribution in [-0.2, 0) is 0 Å². The van der Waals surface area contributed by atoms with Crippen molar-refractivity contribution in [3.05, 3.63) is 84.1 Å². The van der Waals surface area contributed by atoms with Crippen molar-refractivity contribution >= 4 is 27.5 Å². The van der Waals surface area contributed by atoms with Gasteiger partial charge in [0.25, 0.3) is 0 Å². The number of pyridine rings is 1. The maximum absolute atomic E-state index is 13.0. The van der Waals surface area contributed by atoms with E-state index in [4.69, 9.17) is 4.74 Å². The van der Waals surface area contributed by atoms with Gasteiger partial charge in [0.15, 0.2) is 0 Å². The van der Waals surface area contributed by atoms with Crippen LogP contribution in [0, 0.1) is 0 Å². The van der Waals surface area contributed by atoms with Crippen molar-refractivity contribution in [3.63, 3.8) is 0 Å². The molecule has 0 saturated heterocycles. The molecule has 3 nitrogen and oxygen atoms in total. The lowest BCUT2D eigenvalue weighted by molar-refractivity contribution is 0.103. The zero-order valence-electron chi connectivity index (χ0n) is 13.2. The lowest BCUT2D eigenvalue weighted by atomic mass is 9.99. The minimum Gasteiger partial charge on any atom is -0.497 e. The number of para-hydroxylation sites is 1. The second-order valence-electron chi connectivity index (χ2n) is 5.58. The van der Waals surface area contributed by atoms with Gasteiger partial charge in [0.2, 0.25) is 5.78 Å². The van der Waals surface area contributed by atoms with E-state index in [9.17, 15) is 4.79 Å². The summed E-state index contributed by atoms with van der Waals surface area (Å²) in [4.78, 5) is 17.7. The standard InChI is InChI=1S/C21H15NO2/c1-24-15-11-12-16-17-9-5-6-10-19(17)22-20(18(16)13-15)21(23)14-7-3-2-4-8-14/h2-13H,1H3. The zero-order valence-corrected chi connectivity index (χ0v) is 13.2. The van der Waals surface area contributed by atoms with Gasteiger partial charge in [-0.3, -0.25) is 4.79 Å². The Kier molecular flexibility index (Phi) is 3.47. The van der Waals surface area contributed by atoms with Crippen molar-refractivity contribution in [2.45, 2.75) is 0 Å². The molecular formula is C21H15NO2. The highest BCUT2D eigenvalue weighted by Crippen LogP contribution is 2.30. The number of ketones is 1. The first-order valence-electron chi connectivity index (χ1n) is 7.74. The van der Waals surface area contributed by atoms with Gasteiger partial charge >= 0.3 is 0 Å². The Morgan fingerprint density at radius 1 is 0.833 bits per heavy atom. The molecule has 0 atom stereocenters. The molecular weight excluding hydrogens is 298 g/mol. The Labute approximate surface area is 139 Å². The first kappa shape index (κ1) is 14.4. The number of nitrogens with zero attached hydrogens (tertiary/aromatic N) is 1. The maximum Gasteiger partial charge on any atom is 0.212 e. The predicted molar refractivity (Wildman–Crippen MR) is 95.7 cm³/mol. The lowest BCUT2D eigenvalue weighted by Gasteiger charge is -2.10. The Hall–Kier alpha value is -3.20. The molecule has 1 heterocycles. The number of hydrogen-bond acceptors (Lipinski definition) is 3. The number of carbonyl (C=O) groups excluding carboxylic acids is 1. The second kappa shape index (κ2) is 5.78. The lowest BCUT2D eigenvalue weighted by Crippen LogP contribution is -2.05. The van der Waals surface area contributed by atoms with Gasteiger partial charge in [-0.05, 0) is 29.7 Å². The topological polar surface area (TPSA) is 39.2 Å². The summed E-state index contributed by atoms with van der Waals surface area (Å²) in [5, 5.41) is 2.84. The molecule has 24 heavy (non-hydrogen) atoms. The van der Waals surface area contributed by atoms with E-state index in [2.05, 4.69) is 4.98 Å². The van der Waals surface area contributed by atoms with Crippen LogP contribution in [0.2, 0.25) is 0 Å². The van der Waals surface area contributed by atoms with Gasteiger partial charge in [0.05, 0.1) is 12.6 Å². The van der Waals surface area contributed by atoms with Gasteiger partial charge in [0, 0.05) is 16.3 Å². The summed E-state index contributed by atoms with van der Waals surface area (Å²) in [5.41, 5.74) is 1.90. The van der Waals surface area contributed by atoms with Crippen LogP contribution in [-0.4, -0.2) is 17.9 Å². The third-order valence-corrected chi connectivity index (χ3v) is 4.16. The summed E-state index contributed by atoms with van der Waals surface area (Å²) in [6, 6.07) is 22.9. The highest BCUT2D eigenvalue weighted by Gasteiger charge is 2.17. The number of methoxy groups -OCH3 is 1. The number of aromatic nitrogens is 1. The van der Waals surface area contributed by atoms with Crippen molar-refractivity contribution in [2.24, 2.45) is 0 Å². The molecule has 0 amide bonds. The normalized spacial score (nSPS) is 10.9. The fraction of sp³-hybridized carbons (Fsp3) is 0.0476. The van der Waals surface area contributed by atoms with E-state index in [1.165, 1.54) is 0 Å². The summed E-state index contributed by atoms with van der Waals surface area (Å²) in [6.45, 7) is 0. The number of rotatable bonds is 3. The highest BCUT2D eigenvalue weighted by atomic mass is 16.5. The molecule has 0 N–H and O–H groups in total. The van der Waals surface area contributed by atoms with E-state index in [-0.39, 0.29) is 5.78 Å². The summed E-state index contributed by atoms with van der Waals surface area (Å²) in [7, 11) is 1.62. The average Bonchev–Trinajstić information content (AvgIpc) is 2.67. The van der Waals surface area contributed by atoms with Crippen LogP contribution in [0.1, 0.15) is 16.1 Å². The van der Waals surface area contributed by atoms with Crippen LogP contribution >= 0.6 is 0 Å². The molecule has 3 aromatic carbocycles. The molecule has 0 saturated carbocycles. The molecule has 1 aromatic heterocycles. The Balaban J connectivity index is 2.06. The van der Waals surface area contributed by atoms with Gasteiger partial charge in [0.1, 0.15) is 11.4 Å². The quantitative estimate of drug-likeness (QED) is 0.409. The average molecular weight is 313 g/mol. The van der Waals surface area contributed by atoms with Gasteiger partial charge in [-0.1, -0.05) is 48.5 Å². The molecule has 0 spiro atoms. The molecule has 4 rings (SSSR count). The maximum atomic E-state index is 13.0. The SMILES string of the molecule is COc1ccc2c(c1)c(C(=O)c1ccccc1)nc1ccccc12. The minimum absolute atomic E-state index is 0.0837. The van der Waals surface area contributed by atoms with Gasteiger partial charge < -0.3 is 4.74 Å². The van der Waals surface area contributed by atoms with E-state index < -0.39 is 0 Å². The molecule has 0 aliphatic heterocycles. The van der Waals surface area contributed by atoms with Crippen LogP contribution in [0.3, 0.4) is 0 Å². The van der Waals surface area contributed by atoms with E-state index in [1.807, 2.05) is 72.8 Å². The third kappa shape index (κ3) is 2.31. The number of hydrogen-bond donors (Lipinski definition) is 0. The number of fused-ring (bicyclic) bond motifs is 3. The van der Waals surface area contributed by atoms with Crippen LogP contribution < -0.4 is 4.74 Å². The first-order chi connectivity index (χ1) is 11.8. The molecule has 4 aromatic rings. The second-order valence-corrected chi connectivity index (χ2v) is 5.58. The molecule has 0 unspecified atom stereocenters. The molecule has 116 valence electrons. The molecule has 0 aliphatic rings. The molecule has 3 heteroatoms. The third-order valence-electron chi connectivity index (χ3n) is 4.16. The predicted octanol–water partition coefficient (Wildman–Crippen LogP) is 4.63. The van der Waals surface area contributed by atoms with Crippen molar-refractivity contribution in [1.29, 1.82) is 0 Å². The number of ether oxygens (including phenoxy) is 1. The fourth-order valence-electron chi connectivity index (χ4n) is 2.96. The summed E-state index contributed by atoms with van der Waals surface area (Å²) in [6.07, 6.45) is 0. The van der Waals surface area contributed by atoms with E-state index >= 15 is 0 Å².